The van der Waals surface area contributed by atoms with Gasteiger partial charge in [0.25, 0.3) is 0 Å². The molecule has 6 rings (SSSR count). The lowest BCUT2D eigenvalue weighted by Gasteiger charge is -2.35. The zero-order valence-electron chi connectivity index (χ0n) is 20.1. The van der Waals surface area contributed by atoms with Gasteiger partial charge >= 0.3 is 0 Å². The Bertz CT molecular complexity index is 1510. The maximum atomic E-state index is 6.62. The molecule has 3 aromatic heterocycles. The van der Waals surface area contributed by atoms with Gasteiger partial charge in [-0.1, -0.05) is 35.3 Å². The van der Waals surface area contributed by atoms with Gasteiger partial charge in [-0.15, -0.1) is 0 Å². The third-order valence-corrected chi connectivity index (χ3v) is 7.34. The fourth-order valence-corrected chi connectivity index (χ4v) is 5.14. The molecule has 0 atom stereocenters. The average molecular weight is 530 g/mol. The van der Waals surface area contributed by atoms with Crippen molar-refractivity contribution in [1.82, 2.24) is 29.4 Å². The Balaban J connectivity index is 1.33. The van der Waals surface area contributed by atoms with Crippen LogP contribution in [0.3, 0.4) is 0 Å². The highest BCUT2D eigenvalue weighted by molar-refractivity contribution is 6.33. The third-order valence-electron chi connectivity index (χ3n) is 6.76. The number of hydrogen-bond acceptors (Lipinski definition) is 6. The molecule has 1 saturated heterocycles. The summed E-state index contributed by atoms with van der Waals surface area (Å²) in [5.41, 5.74) is 4.56. The molecular weight excluding hydrogens is 505 g/mol. The van der Waals surface area contributed by atoms with Crippen molar-refractivity contribution in [1.29, 1.82) is 0 Å². The topological polar surface area (TPSA) is 63.0 Å². The zero-order chi connectivity index (χ0) is 25.2. The lowest BCUT2D eigenvalue weighted by molar-refractivity contribution is 0.260. The third kappa shape index (κ3) is 4.90. The van der Waals surface area contributed by atoms with Gasteiger partial charge < -0.3 is 4.90 Å². The van der Waals surface area contributed by atoms with E-state index < -0.39 is 0 Å². The zero-order valence-corrected chi connectivity index (χ0v) is 21.6. The second-order valence-corrected chi connectivity index (χ2v) is 9.87. The fraction of sp³-hybridized carbons (Fsp3) is 0.214. The Hall–Kier alpha value is -3.52. The monoisotopic (exact) mass is 529 g/mol. The quantitative estimate of drug-likeness (QED) is 0.287. The van der Waals surface area contributed by atoms with Crippen LogP contribution >= 0.6 is 23.2 Å². The highest BCUT2D eigenvalue weighted by atomic mass is 35.5. The van der Waals surface area contributed by atoms with Crippen LogP contribution in [-0.2, 0) is 6.42 Å². The molecule has 0 saturated carbocycles. The maximum absolute atomic E-state index is 6.62. The van der Waals surface area contributed by atoms with Crippen molar-refractivity contribution in [3.05, 3.63) is 95.0 Å². The smallest absolute Gasteiger partial charge is 0.170 e. The molecule has 1 fully saturated rings. The summed E-state index contributed by atoms with van der Waals surface area (Å²) in [5, 5.41) is 1.30. The van der Waals surface area contributed by atoms with Crippen LogP contribution in [0, 0.1) is 0 Å². The Morgan fingerprint density at radius 1 is 0.811 bits per heavy atom. The predicted molar refractivity (Wildman–Crippen MR) is 149 cm³/mol. The van der Waals surface area contributed by atoms with Crippen molar-refractivity contribution in [2.75, 3.05) is 37.6 Å². The molecule has 9 heteroatoms. The van der Waals surface area contributed by atoms with Crippen molar-refractivity contribution >= 4 is 40.2 Å². The van der Waals surface area contributed by atoms with E-state index in [1.807, 2.05) is 65.5 Å². The normalized spacial score (nSPS) is 14.4. The number of aromatic nitrogens is 5. The molecule has 7 nitrogen and oxygen atoms in total. The van der Waals surface area contributed by atoms with Crippen LogP contribution in [0.5, 0.6) is 0 Å². The van der Waals surface area contributed by atoms with E-state index in [0.29, 0.717) is 10.0 Å². The summed E-state index contributed by atoms with van der Waals surface area (Å²) in [7, 11) is 0. The van der Waals surface area contributed by atoms with Crippen LogP contribution in [0.25, 0.3) is 28.2 Å². The Labute approximate surface area is 225 Å². The second kappa shape index (κ2) is 10.5. The van der Waals surface area contributed by atoms with Crippen molar-refractivity contribution in [3.63, 3.8) is 0 Å². The molecule has 0 aliphatic carbocycles. The van der Waals surface area contributed by atoms with Gasteiger partial charge in [0.15, 0.2) is 17.0 Å². The lowest BCUT2D eigenvalue weighted by Crippen LogP contribution is -2.47. The summed E-state index contributed by atoms with van der Waals surface area (Å²) in [4.78, 5) is 23.3. The Kier molecular flexibility index (Phi) is 6.74. The molecule has 1 aliphatic rings. The first-order valence-electron chi connectivity index (χ1n) is 12.3. The first kappa shape index (κ1) is 23.9. The average Bonchev–Trinajstić information content (AvgIpc) is 3.33. The molecule has 1 aliphatic heterocycles. The summed E-state index contributed by atoms with van der Waals surface area (Å²) in [6, 6.07) is 19.6. The van der Waals surface area contributed by atoms with E-state index >= 15 is 0 Å². The molecule has 2 aromatic carbocycles. The van der Waals surface area contributed by atoms with Gasteiger partial charge in [-0.2, -0.15) is 0 Å². The molecule has 37 heavy (non-hydrogen) atoms. The maximum Gasteiger partial charge on any atom is 0.170 e. The highest BCUT2D eigenvalue weighted by Gasteiger charge is 2.25. The number of piperazine rings is 1. The van der Waals surface area contributed by atoms with E-state index in [1.165, 1.54) is 5.56 Å². The standard InChI is InChI=1S/C28H25Cl2N7/c29-21-5-7-22(8-6-21)37-26(23-3-1-2-4-24(23)30)34-25-27(32-19-33-28(25)37)36-17-15-35(16-18-36)14-11-20-9-12-31-13-10-20/h1-10,12-13,19H,11,14-18H2. The SMILES string of the molecule is Clc1ccc(-n2c(-c3ccccc3Cl)nc3c(N4CCN(CCc5ccncc5)CC4)ncnc32)cc1. The summed E-state index contributed by atoms with van der Waals surface area (Å²) in [6.45, 7) is 4.70. The lowest BCUT2D eigenvalue weighted by atomic mass is 10.2. The minimum atomic E-state index is 0.630. The number of nitrogens with zero attached hydrogens (tertiary/aromatic N) is 7. The number of fused-ring (bicyclic) bond motifs is 1. The van der Waals surface area contributed by atoms with Gasteiger partial charge in [-0.3, -0.25) is 14.5 Å². The minimum Gasteiger partial charge on any atom is -0.352 e. The summed E-state index contributed by atoms with van der Waals surface area (Å²) >= 11 is 12.8. The van der Waals surface area contributed by atoms with Crippen molar-refractivity contribution in [3.8, 4) is 17.1 Å². The van der Waals surface area contributed by atoms with E-state index in [0.717, 1.165) is 73.2 Å². The van der Waals surface area contributed by atoms with Gasteiger partial charge in [0.2, 0.25) is 0 Å². The molecule has 0 radical (unpaired) electrons. The molecule has 0 bridgehead atoms. The van der Waals surface area contributed by atoms with E-state index in [2.05, 4.69) is 36.9 Å². The molecular formula is C28H25Cl2N7. The van der Waals surface area contributed by atoms with E-state index in [9.17, 15) is 0 Å². The molecule has 0 spiro atoms. The van der Waals surface area contributed by atoms with Crippen molar-refractivity contribution in [2.45, 2.75) is 6.42 Å². The van der Waals surface area contributed by atoms with Crippen LogP contribution in [-0.4, -0.2) is 62.1 Å². The van der Waals surface area contributed by atoms with Gasteiger partial charge in [0.05, 0.1) is 5.02 Å². The summed E-state index contributed by atoms with van der Waals surface area (Å²) in [5.74, 6) is 1.57. The first-order chi connectivity index (χ1) is 18.2. The van der Waals surface area contributed by atoms with Crippen LogP contribution in [0.1, 0.15) is 5.56 Å². The minimum absolute atomic E-state index is 0.630. The van der Waals surface area contributed by atoms with Crippen LogP contribution in [0.15, 0.2) is 79.4 Å². The number of halogens is 2. The second-order valence-electron chi connectivity index (χ2n) is 9.03. The number of pyridine rings is 1. The molecule has 0 N–H and O–H groups in total. The van der Waals surface area contributed by atoms with Crippen LogP contribution < -0.4 is 4.90 Å². The Morgan fingerprint density at radius 2 is 1.57 bits per heavy atom. The number of hydrogen-bond donors (Lipinski definition) is 0. The molecule has 0 amide bonds. The number of benzene rings is 2. The van der Waals surface area contributed by atoms with Gasteiger partial charge in [-0.25, -0.2) is 15.0 Å². The van der Waals surface area contributed by atoms with Crippen LogP contribution in [0.2, 0.25) is 10.0 Å². The number of anilines is 1. The highest BCUT2D eigenvalue weighted by Crippen LogP contribution is 2.35. The fourth-order valence-electron chi connectivity index (χ4n) is 4.79. The predicted octanol–water partition coefficient (Wildman–Crippen LogP) is 5.55. The first-order valence-corrected chi connectivity index (χ1v) is 13.0. The largest absolute Gasteiger partial charge is 0.352 e. The summed E-state index contributed by atoms with van der Waals surface area (Å²) < 4.78 is 2.03. The van der Waals surface area contributed by atoms with Gasteiger partial charge in [-0.05, 0) is 60.5 Å². The van der Waals surface area contributed by atoms with E-state index in [-0.39, 0.29) is 0 Å². The van der Waals surface area contributed by atoms with Crippen molar-refractivity contribution in [2.24, 2.45) is 0 Å². The number of rotatable bonds is 6. The number of imidazole rings is 1. The van der Waals surface area contributed by atoms with Gasteiger partial charge in [0.1, 0.15) is 12.2 Å². The Morgan fingerprint density at radius 3 is 2.32 bits per heavy atom. The molecule has 0 unspecified atom stereocenters. The van der Waals surface area contributed by atoms with Gasteiger partial charge in [0, 0.05) is 61.4 Å². The van der Waals surface area contributed by atoms with Crippen molar-refractivity contribution < 1.29 is 0 Å². The van der Waals surface area contributed by atoms with E-state index in [1.54, 1.807) is 6.33 Å². The summed E-state index contributed by atoms with van der Waals surface area (Å²) in [6.07, 6.45) is 6.35. The molecule has 186 valence electrons. The molecule has 4 heterocycles. The molecule has 5 aromatic rings. The van der Waals surface area contributed by atoms with Crippen LogP contribution in [0.4, 0.5) is 5.82 Å². The van der Waals surface area contributed by atoms with E-state index in [4.69, 9.17) is 28.2 Å².